The summed E-state index contributed by atoms with van der Waals surface area (Å²) in [4.78, 5) is 0.155. The molecule has 0 amide bonds. The largest absolute Gasteiger partial charge is 0.398 e. The smallest absolute Gasteiger partial charge is 0.240 e. The van der Waals surface area contributed by atoms with Gasteiger partial charge in [-0.3, -0.25) is 0 Å². The first kappa shape index (κ1) is 16.4. The van der Waals surface area contributed by atoms with Gasteiger partial charge in [0.1, 0.15) is 0 Å². The molecule has 1 rings (SSSR count). The van der Waals surface area contributed by atoms with Gasteiger partial charge in [0, 0.05) is 28.7 Å². The van der Waals surface area contributed by atoms with E-state index >= 15 is 0 Å². The second-order valence-corrected chi connectivity index (χ2v) is 7.88. The Balaban J connectivity index is 3.05. The van der Waals surface area contributed by atoms with Gasteiger partial charge in [-0.2, -0.15) is 0 Å². The van der Waals surface area contributed by atoms with Crippen molar-refractivity contribution in [3.8, 4) is 0 Å². The highest BCUT2D eigenvalue weighted by Crippen LogP contribution is 2.26. The van der Waals surface area contributed by atoms with Gasteiger partial charge in [-0.15, -0.1) is 0 Å². The molecule has 0 unspecified atom stereocenters. The number of aryl methyl sites for hydroxylation is 1. The van der Waals surface area contributed by atoms with Crippen LogP contribution in [0.1, 0.15) is 19.4 Å². The summed E-state index contributed by atoms with van der Waals surface area (Å²) in [5.74, 6) is 0. The van der Waals surface area contributed by atoms with Gasteiger partial charge in [0.2, 0.25) is 10.0 Å². The van der Waals surface area contributed by atoms with Gasteiger partial charge >= 0.3 is 0 Å². The number of aliphatic hydroxyl groups excluding tert-OH is 1. The molecule has 19 heavy (non-hydrogen) atoms. The van der Waals surface area contributed by atoms with Crippen LogP contribution < -0.4 is 10.5 Å². The van der Waals surface area contributed by atoms with Crippen LogP contribution in [0.25, 0.3) is 0 Å². The van der Waals surface area contributed by atoms with Gasteiger partial charge < -0.3 is 10.8 Å². The summed E-state index contributed by atoms with van der Waals surface area (Å²) in [6.45, 7) is 5.31. The van der Waals surface area contributed by atoms with Crippen molar-refractivity contribution in [1.82, 2.24) is 4.72 Å². The molecular weight excluding hydrogens is 332 g/mol. The zero-order chi connectivity index (χ0) is 14.8. The maximum atomic E-state index is 12.2. The molecule has 0 spiro atoms. The normalized spacial score (nSPS) is 12.7. The van der Waals surface area contributed by atoms with E-state index in [1.165, 1.54) is 6.07 Å². The molecule has 0 fully saturated rings. The second kappa shape index (κ2) is 5.78. The van der Waals surface area contributed by atoms with Gasteiger partial charge in [-0.25, -0.2) is 13.1 Å². The Morgan fingerprint density at radius 2 is 2.00 bits per heavy atom. The van der Waals surface area contributed by atoms with Crippen LogP contribution in [-0.4, -0.2) is 26.7 Å². The van der Waals surface area contributed by atoms with Crippen molar-refractivity contribution in [2.24, 2.45) is 5.41 Å². The molecule has 7 heteroatoms. The summed E-state index contributed by atoms with van der Waals surface area (Å²) in [5, 5.41) is 9.14. The topological polar surface area (TPSA) is 92.4 Å². The van der Waals surface area contributed by atoms with E-state index in [1.807, 2.05) is 0 Å². The number of aliphatic hydroxyl groups is 1. The lowest BCUT2D eigenvalue weighted by molar-refractivity contribution is 0.163. The zero-order valence-electron chi connectivity index (χ0n) is 11.2. The molecule has 0 atom stereocenters. The molecule has 0 radical (unpaired) electrons. The van der Waals surface area contributed by atoms with Gasteiger partial charge in [-0.05, 0) is 40.5 Å². The van der Waals surface area contributed by atoms with Crippen LogP contribution in [-0.2, 0) is 10.0 Å². The van der Waals surface area contributed by atoms with Crippen molar-refractivity contribution in [1.29, 1.82) is 0 Å². The molecular formula is C12H19BrN2O3S. The lowest BCUT2D eigenvalue weighted by Gasteiger charge is -2.22. The minimum atomic E-state index is -3.64. The first-order valence-corrected chi connectivity index (χ1v) is 8.03. The highest BCUT2D eigenvalue weighted by atomic mass is 79.9. The van der Waals surface area contributed by atoms with Crippen LogP contribution in [0.2, 0.25) is 0 Å². The summed E-state index contributed by atoms with van der Waals surface area (Å²) < 4.78 is 27.6. The third-order valence-corrected chi connectivity index (χ3v) is 4.98. The Hall–Kier alpha value is -0.630. The average molecular weight is 351 g/mol. The molecule has 5 nitrogen and oxygen atoms in total. The monoisotopic (exact) mass is 350 g/mol. The minimum Gasteiger partial charge on any atom is -0.398 e. The van der Waals surface area contributed by atoms with E-state index in [-0.39, 0.29) is 18.0 Å². The summed E-state index contributed by atoms with van der Waals surface area (Å²) in [6, 6.07) is 3.09. The number of hydrogen-bond acceptors (Lipinski definition) is 4. The van der Waals surface area contributed by atoms with E-state index in [2.05, 4.69) is 20.7 Å². The number of hydrogen-bond donors (Lipinski definition) is 3. The van der Waals surface area contributed by atoms with Crippen LogP contribution in [0.5, 0.6) is 0 Å². The molecule has 0 aliphatic carbocycles. The Morgan fingerprint density at radius 3 is 2.53 bits per heavy atom. The quantitative estimate of drug-likeness (QED) is 0.703. The molecule has 0 saturated heterocycles. The Labute approximate surface area is 122 Å². The number of halogens is 1. The molecule has 108 valence electrons. The van der Waals surface area contributed by atoms with Crippen LogP contribution in [0.4, 0.5) is 5.69 Å². The van der Waals surface area contributed by atoms with Gasteiger partial charge in [0.15, 0.2) is 0 Å². The summed E-state index contributed by atoms with van der Waals surface area (Å²) in [5.41, 5.74) is 6.18. The third kappa shape index (κ3) is 4.17. The SMILES string of the molecule is Cc1cc(Br)c(N)cc1S(=O)(=O)NCC(C)(C)CO. The predicted octanol–water partition coefficient (Wildman–Crippen LogP) is 1.64. The fraction of sp³-hybridized carbons (Fsp3) is 0.500. The molecule has 0 aliphatic heterocycles. The van der Waals surface area contributed by atoms with E-state index in [1.54, 1.807) is 26.8 Å². The Kier molecular flexibility index (Phi) is 5.00. The van der Waals surface area contributed by atoms with Crippen molar-refractivity contribution in [2.75, 3.05) is 18.9 Å². The molecule has 4 N–H and O–H groups in total. The van der Waals surface area contributed by atoms with E-state index in [0.717, 1.165) is 0 Å². The van der Waals surface area contributed by atoms with E-state index in [4.69, 9.17) is 10.8 Å². The standard InChI is InChI=1S/C12H19BrN2O3S/c1-8-4-9(13)10(14)5-11(8)19(17,18)15-6-12(2,3)7-16/h4-5,15-16H,6-7,14H2,1-3H3. The fourth-order valence-corrected chi connectivity index (χ4v) is 3.34. The van der Waals surface area contributed by atoms with Crippen LogP contribution in [0.3, 0.4) is 0 Å². The number of nitrogens with two attached hydrogens (primary N) is 1. The van der Waals surface area contributed by atoms with Gasteiger partial charge in [0.05, 0.1) is 4.90 Å². The van der Waals surface area contributed by atoms with Gasteiger partial charge in [0.25, 0.3) is 0 Å². The first-order chi connectivity index (χ1) is 8.59. The Bertz CT molecular complexity index is 571. The van der Waals surface area contributed by atoms with Crippen LogP contribution >= 0.6 is 15.9 Å². The van der Waals surface area contributed by atoms with Crippen molar-refractivity contribution >= 4 is 31.6 Å². The molecule has 1 aromatic carbocycles. The number of nitrogen functional groups attached to an aromatic ring is 1. The molecule has 0 saturated carbocycles. The van der Waals surface area contributed by atoms with E-state index in [9.17, 15) is 8.42 Å². The lowest BCUT2D eigenvalue weighted by Crippen LogP contribution is -2.36. The number of anilines is 1. The molecule has 1 aromatic rings. The first-order valence-electron chi connectivity index (χ1n) is 5.75. The zero-order valence-corrected chi connectivity index (χ0v) is 13.6. The van der Waals surface area contributed by atoms with Crippen molar-refractivity contribution in [3.63, 3.8) is 0 Å². The number of rotatable bonds is 5. The number of benzene rings is 1. The molecule has 0 aromatic heterocycles. The van der Waals surface area contributed by atoms with Gasteiger partial charge in [-0.1, -0.05) is 13.8 Å². The number of nitrogens with one attached hydrogen (secondary N) is 1. The summed E-state index contributed by atoms with van der Waals surface area (Å²) >= 11 is 3.26. The molecule has 0 heterocycles. The minimum absolute atomic E-state index is 0.100. The van der Waals surface area contributed by atoms with Crippen LogP contribution in [0.15, 0.2) is 21.5 Å². The van der Waals surface area contributed by atoms with E-state index in [0.29, 0.717) is 15.7 Å². The molecule has 0 bridgehead atoms. The summed E-state index contributed by atoms with van der Waals surface area (Å²) in [6.07, 6.45) is 0. The predicted molar refractivity (Wildman–Crippen MR) is 79.3 cm³/mol. The number of sulfonamides is 1. The third-order valence-electron chi connectivity index (χ3n) is 2.75. The van der Waals surface area contributed by atoms with Crippen molar-refractivity contribution in [3.05, 3.63) is 22.2 Å². The average Bonchev–Trinajstić information content (AvgIpc) is 2.31. The van der Waals surface area contributed by atoms with Crippen molar-refractivity contribution in [2.45, 2.75) is 25.7 Å². The van der Waals surface area contributed by atoms with E-state index < -0.39 is 15.4 Å². The maximum Gasteiger partial charge on any atom is 0.240 e. The van der Waals surface area contributed by atoms with Crippen LogP contribution in [0, 0.1) is 12.3 Å². The second-order valence-electron chi connectivity index (χ2n) is 5.29. The fourth-order valence-electron chi connectivity index (χ4n) is 1.38. The maximum absolute atomic E-state index is 12.2. The Morgan fingerprint density at radius 1 is 1.42 bits per heavy atom. The molecule has 0 aliphatic rings. The summed E-state index contributed by atoms with van der Waals surface area (Å²) in [7, 11) is -3.64. The lowest BCUT2D eigenvalue weighted by atomic mass is 9.96. The highest BCUT2D eigenvalue weighted by molar-refractivity contribution is 9.10. The highest BCUT2D eigenvalue weighted by Gasteiger charge is 2.23. The van der Waals surface area contributed by atoms with Crippen molar-refractivity contribution < 1.29 is 13.5 Å².